The topological polar surface area (TPSA) is 43.3 Å². The molecule has 1 saturated carbocycles. The first-order valence-electron chi connectivity index (χ1n) is 10.9. The van der Waals surface area contributed by atoms with Crippen LogP contribution in [0.2, 0.25) is 0 Å². The van der Waals surface area contributed by atoms with Gasteiger partial charge >= 0.3 is 0 Å². The van der Waals surface area contributed by atoms with E-state index >= 15 is 0 Å². The second-order valence-electron chi connectivity index (χ2n) is 9.75. The van der Waals surface area contributed by atoms with Gasteiger partial charge in [-0.15, -0.1) is 0 Å². The molecule has 6 aliphatic rings. The van der Waals surface area contributed by atoms with Crippen molar-refractivity contribution < 1.29 is 14.2 Å². The van der Waals surface area contributed by atoms with Gasteiger partial charge in [0.25, 0.3) is 0 Å². The normalized spacial score (nSPS) is 42.9. The van der Waals surface area contributed by atoms with Crippen LogP contribution >= 0.6 is 12.2 Å². The fraction of sp³-hybridized carbons (Fsp3) is 0.625. The largest absolute Gasteiger partial charge is 0.493 e. The summed E-state index contributed by atoms with van der Waals surface area (Å²) in [7, 11) is 5.83. The van der Waals surface area contributed by atoms with Crippen LogP contribution in [0.1, 0.15) is 30.9 Å². The Morgan fingerprint density at radius 3 is 2.90 bits per heavy atom. The number of fused-ring (bicyclic) bond motifs is 1. The van der Waals surface area contributed by atoms with Crippen LogP contribution in [0, 0.1) is 11.3 Å². The Morgan fingerprint density at radius 2 is 2.17 bits per heavy atom. The smallest absolute Gasteiger partial charge is 0.166 e. The lowest BCUT2D eigenvalue weighted by Crippen LogP contribution is -2.79. The van der Waals surface area contributed by atoms with Crippen LogP contribution in [0.15, 0.2) is 29.3 Å². The number of hydrogen-bond donors (Lipinski definition) is 0. The van der Waals surface area contributed by atoms with E-state index < -0.39 is 5.60 Å². The van der Waals surface area contributed by atoms with Crippen molar-refractivity contribution in [3.8, 4) is 11.5 Å². The quantitative estimate of drug-likeness (QED) is 0.421. The Bertz CT molecular complexity index is 1020. The van der Waals surface area contributed by atoms with Gasteiger partial charge in [-0.2, -0.15) is 0 Å². The number of likely N-dealkylation sites (N-methyl/N-ethyl adjacent to an activating group) is 1. The number of methoxy groups -OCH3 is 2. The third kappa shape index (κ3) is 1.81. The number of piperidine rings is 1. The molecule has 158 valence electrons. The standard InChI is InChI=1S/C24H28N2O3S/c1-14(25-13-30)16-12-22-7-8-24(16,28-4)21-23(22)9-10-26(2)18(22)11-15-5-6-17(27-3)20(29-21)19(15)23/h5-8,14,16,18,21H,9-12H2,1-4H3/t14-,16+,18-,21-,22-,23+,24-/m1/s1. The van der Waals surface area contributed by atoms with Crippen molar-refractivity contribution in [3.63, 3.8) is 0 Å². The lowest BCUT2D eigenvalue weighted by atomic mass is 9.36. The van der Waals surface area contributed by atoms with Gasteiger partial charge in [0.05, 0.1) is 23.7 Å². The molecule has 4 aliphatic carbocycles. The zero-order chi connectivity index (χ0) is 20.9. The molecule has 0 N–H and O–H groups in total. The second-order valence-corrected chi connectivity index (χ2v) is 9.94. The van der Waals surface area contributed by atoms with E-state index in [1.54, 1.807) is 7.11 Å². The summed E-state index contributed by atoms with van der Waals surface area (Å²) in [4.78, 5) is 7.07. The highest BCUT2D eigenvalue weighted by Crippen LogP contribution is 2.74. The molecule has 2 heterocycles. The van der Waals surface area contributed by atoms with E-state index in [1.165, 1.54) is 11.1 Å². The lowest BCUT2D eigenvalue weighted by Gasteiger charge is -2.71. The van der Waals surface area contributed by atoms with Crippen LogP contribution < -0.4 is 9.47 Å². The summed E-state index contributed by atoms with van der Waals surface area (Å²) < 4.78 is 19.1. The van der Waals surface area contributed by atoms with Crippen molar-refractivity contribution in [2.75, 3.05) is 27.8 Å². The van der Waals surface area contributed by atoms with Crippen LogP contribution in [0.4, 0.5) is 0 Å². The highest BCUT2D eigenvalue weighted by Gasteiger charge is 2.79. The lowest BCUT2D eigenvalue weighted by molar-refractivity contribution is -0.216. The van der Waals surface area contributed by atoms with Gasteiger partial charge < -0.3 is 19.1 Å². The molecule has 2 aliphatic heterocycles. The van der Waals surface area contributed by atoms with Gasteiger partial charge in [0.15, 0.2) is 11.5 Å². The van der Waals surface area contributed by atoms with E-state index in [1.807, 2.05) is 7.11 Å². The molecule has 0 radical (unpaired) electrons. The van der Waals surface area contributed by atoms with Crippen molar-refractivity contribution in [3.05, 3.63) is 35.4 Å². The minimum atomic E-state index is -0.546. The van der Waals surface area contributed by atoms with Crippen molar-refractivity contribution in [2.24, 2.45) is 16.3 Å². The first-order valence-corrected chi connectivity index (χ1v) is 11.3. The number of rotatable bonds is 4. The number of benzene rings is 1. The molecule has 0 aromatic heterocycles. The molecular weight excluding hydrogens is 396 g/mol. The maximum Gasteiger partial charge on any atom is 0.166 e. The second kappa shape index (κ2) is 5.95. The van der Waals surface area contributed by atoms with Crippen LogP contribution in [-0.4, -0.2) is 61.7 Å². The number of hydrogen-bond acceptors (Lipinski definition) is 6. The van der Waals surface area contributed by atoms with Crippen molar-refractivity contribution in [2.45, 2.75) is 55.4 Å². The number of ether oxygens (including phenoxy) is 3. The predicted octanol–water partition coefficient (Wildman–Crippen LogP) is 3.41. The molecule has 6 heteroatoms. The summed E-state index contributed by atoms with van der Waals surface area (Å²) in [5.41, 5.74) is 2.14. The summed E-state index contributed by atoms with van der Waals surface area (Å²) in [5.74, 6) is 1.94. The van der Waals surface area contributed by atoms with Crippen molar-refractivity contribution >= 4 is 17.4 Å². The Morgan fingerprint density at radius 1 is 1.33 bits per heavy atom. The summed E-state index contributed by atoms with van der Waals surface area (Å²) in [6.07, 6.45) is 7.80. The van der Waals surface area contributed by atoms with E-state index in [0.29, 0.717) is 6.04 Å². The molecule has 7 atom stereocenters. The van der Waals surface area contributed by atoms with Crippen LogP contribution in [0.3, 0.4) is 0 Å². The Balaban J connectivity index is 1.67. The zero-order valence-electron chi connectivity index (χ0n) is 18.0. The van der Waals surface area contributed by atoms with Gasteiger partial charge in [-0.05, 0) is 63.6 Å². The highest BCUT2D eigenvalue weighted by atomic mass is 32.1. The average molecular weight is 425 g/mol. The molecule has 7 rings (SSSR count). The average Bonchev–Trinajstić information content (AvgIpc) is 3.13. The SMILES string of the molecule is COc1ccc2c3c1O[C@H]1[C@@]4(OC)C=C[C@@]5(C[C@H]4[C@@H](C)N=C=S)[C@@H](C2)N(C)CC[C@]315. The number of thiocarbonyl (C=S) groups is 1. The van der Waals surface area contributed by atoms with Crippen molar-refractivity contribution in [1.29, 1.82) is 0 Å². The number of isothiocyanates is 1. The first kappa shape index (κ1) is 19.0. The van der Waals surface area contributed by atoms with Crippen LogP contribution in [-0.2, 0) is 16.6 Å². The maximum absolute atomic E-state index is 6.91. The molecule has 2 fully saturated rings. The molecule has 2 spiro atoms. The van der Waals surface area contributed by atoms with Gasteiger partial charge in [-0.25, -0.2) is 4.99 Å². The molecule has 30 heavy (non-hydrogen) atoms. The number of likely N-dealkylation sites (tertiary alicyclic amines) is 1. The minimum Gasteiger partial charge on any atom is -0.493 e. The van der Waals surface area contributed by atoms with Gasteiger partial charge in [0.2, 0.25) is 0 Å². The van der Waals surface area contributed by atoms with Gasteiger partial charge in [0.1, 0.15) is 11.7 Å². The van der Waals surface area contributed by atoms with Gasteiger partial charge in [-0.1, -0.05) is 18.2 Å². The number of aliphatic imine (C=N–C) groups is 1. The zero-order valence-corrected chi connectivity index (χ0v) is 18.8. The maximum atomic E-state index is 6.91. The van der Waals surface area contributed by atoms with Gasteiger partial charge in [-0.3, -0.25) is 0 Å². The van der Waals surface area contributed by atoms with E-state index in [4.69, 9.17) is 26.4 Å². The Kier molecular flexibility index (Phi) is 3.77. The fourth-order valence-electron chi connectivity index (χ4n) is 7.98. The van der Waals surface area contributed by atoms with Crippen LogP contribution in [0.25, 0.3) is 0 Å². The van der Waals surface area contributed by atoms with E-state index in [-0.39, 0.29) is 28.9 Å². The predicted molar refractivity (Wildman–Crippen MR) is 118 cm³/mol. The summed E-state index contributed by atoms with van der Waals surface area (Å²) >= 11 is 4.97. The number of nitrogens with zero attached hydrogens (tertiary/aromatic N) is 2. The molecule has 1 aromatic rings. The molecule has 5 nitrogen and oxygen atoms in total. The summed E-state index contributed by atoms with van der Waals surface area (Å²) in [5, 5.41) is 2.62. The van der Waals surface area contributed by atoms with Gasteiger partial charge in [0, 0.05) is 30.0 Å². The highest BCUT2D eigenvalue weighted by molar-refractivity contribution is 7.78. The molecule has 0 amide bonds. The third-order valence-corrected chi connectivity index (χ3v) is 9.27. The molecule has 4 bridgehead atoms. The van der Waals surface area contributed by atoms with E-state index in [9.17, 15) is 0 Å². The molecule has 1 aromatic carbocycles. The van der Waals surface area contributed by atoms with Crippen LogP contribution in [0.5, 0.6) is 11.5 Å². The fourth-order valence-corrected chi connectivity index (χ4v) is 8.15. The molecule has 0 unspecified atom stereocenters. The third-order valence-electron chi connectivity index (χ3n) is 9.17. The van der Waals surface area contributed by atoms with E-state index in [0.717, 1.165) is 37.3 Å². The first-order chi connectivity index (χ1) is 14.5. The molecular formula is C24H28N2O3S. The summed E-state index contributed by atoms with van der Waals surface area (Å²) in [6.45, 7) is 3.20. The summed E-state index contributed by atoms with van der Waals surface area (Å²) in [6, 6.07) is 4.78. The molecule has 1 saturated heterocycles. The Hall–Kier alpha value is -1.72. The monoisotopic (exact) mass is 424 g/mol. The Labute approximate surface area is 183 Å². The van der Waals surface area contributed by atoms with Crippen molar-refractivity contribution in [1.82, 2.24) is 4.90 Å². The van der Waals surface area contributed by atoms with E-state index in [2.05, 4.69) is 53.3 Å². The minimum absolute atomic E-state index is 0.00847.